The average molecular weight is 409 g/mol. The molecule has 3 aliphatic rings. The SMILES string of the molecule is O=C(CN1C(=O)[C@@H]2[C@H]3C[C@H]([C@H]2C1=O)[C@H](c1ccccc1)C3)Nc1ccc(Cl)cc1. The monoisotopic (exact) mass is 408 g/mol. The van der Waals surface area contributed by atoms with Crippen molar-refractivity contribution >= 4 is 35.0 Å². The molecule has 1 aliphatic heterocycles. The summed E-state index contributed by atoms with van der Waals surface area (Å²) >= 11 is 5.86. The summed E-state index contributed by atoms with van der Waals surface area (Å²) in [6.45, 7) is -0.233. The molecule has 1 heterocycles. The van der Waals surface area contributed by atoms with Gasteiger partial charge in [-0.2, -0.15) is 0 Å². The molecule has 5 atom stereocenters. The first-order chi connectivity index (χ1) is 14.0. The third kappa shape index (κ3) is 3.04. The normalized spacial score (nSPS) is 30.0. The minimum atomic E-state index is -0.374. The lowest BCUT2D eigenvalue weighted by Crippen LogP contribution is -2.39. The van der Waals surface area contributed by atoms with Gasteiger partial charge >= 0.3 is 0 Å². The predicted octanol–water partition coefficient (Wildman–Crippen LogP) is 3.70. The van der Waals surface area contributed by atoms with Crippen LogP contribution in [0.2, 0.25) is 5.02 Å². The minimum absolute atomic E-state index is 0.176. The van der Waals surface area contributed by atoms with Gasteiger partial charge in [-0.05, 0) is 60.4 Å². The second kappa shape index (κ2) is 6.99. The molecule has 3 fully saturated rings. The van der Waals surface area contributed by atoms with Crippen molar-refractivity contribution in [2.75, 3.05) is 11.9 Å². The summed E-state index contributed by atoms with van der Waals surface area (Å²) in [5, 5.41) is 3.31. The molecular weight excluding hydrogens is 388 g/mol. The van der Waals surface area contributed by atoms with Crippen molar-refractivity contribution in [2.24, 2.45) is 23.7 Å². The van der Waals surface area contributed by atoms with E-state index in [0.29, 0.717) is 16.6 Å². The van der Waals surface area contributed by atoms with Gasteiger partial charge in [0.05, 0.1) is 11.8 Å². The average Bonchev–Trinajstić information content (AvgIpc) is 3.38. The fraction of sp³-hybridized carbons (Fsp3) is 0.348. The zero-order chi connectivity index (χ0) is 20.1. The molecule has 5 nitrogen and oxygen atoms in total. The molecule has 29 heavy (non-hydrogen) atoms. The molecule has 0 spiro atoms. The number of benzene rings is 2. The molecule has 0 aromatic heterocycles. The van der Waals surface area contributed by atoms with E-state index < -0.39 is 0 Å². The minimum Gasteiger partial charge on any atom is -0.325 e. The van der Waals surface area contributed by atoms with Gasteiger partial charge in [0.15, 0.2) is 0 Å². The van der Waals surface area contributed by atoms with E-state index >= 15 is 0 Å². The highest BCUT2D eigenvalue weighted by atomic mass is 35.5. The van der Waals surface area contributed by atoms with Gasteiger partial charge in [0.1, 0.15) is 6.54 Å². The molecule has 1 saturated heterocycles. The molecule has 5 rings (SSSR count). The summed E-state index contributed by atoms with van der Waals surface area (Å²) < 4.78 is 0. The van der Waals surface area contributed by atoms with E-state index in [9.17, 15) is 14.4 Å². The van der Waals surface area contributed by atoms with Crippen molar-refractivity contribution in [2.45, 2.75) is 18.8 Å². The number of anilines is 1. The molecule has 1 N–H and O–H groups in total. The molecule has 2 aliphatic carbocycles. The Morgan fingerprint density at radius 2 is 1.66 bits per heavy atom. The van der Waals surface area contributed by atoms with Gasteiger partial charge in [0.25, 0.3) is 0 Å². The summed E-state index contributed by atoms with van der Waals surface area (Å²) in [6, 6.07) is 17.0. The number of fused-ring (bicyclic) bond motifs is 5. The van der Waals surface area contributed by atoms with Crippen LogP contribution in [-0.2, 0) is 14.4 Å². The van der Waals surface area contributed by atoms with Crippen LogP contribution < -0.4 is 5.32 Å². The van der Waals surface area contributed by atoms with Crippen molar-refractivity contribution in [3.63, 3.8) is 0 Å². The van der Waals surface area contributed by atoms with Crippen molar-refractivity contribution in [1.82, 2.24) is 4.90 Å². The first-order valence-corrected chi connectivity index (χ1v) is 10.4. The van der Waals surface area contributed by atoms with E-state index in [1.54, 1.807) is 24.3 Å². The van der Waals surface area contributed by atoms with E-state index in [0.717, 1.165) is 12.8 Å². The van der Waals surface area contributed by atoms with Gasteiger partial charge in [-0.1, -0.05) is 41.9 Å². The highest BCUT2D eigenvalue weighted by Gasteiger charge is 2.63. The zero-order valence-electron chi connectivity index (χ0n) is 15.8. The van der Waals surface area contributed by atoms with Gasteiger partial charge in [0, 0.05) is 10.7 Å². The number of imide groups is 1. The van der Waals surface area contributed by atoms with E-state index in [1.165, 1.54) is 10.5 Å². The third-order valence-electron chi connectivity index (χ3n) is 6.76. The highest BCUT2D eigenvalue weighted by molar-refractivity contribution is 6.30. The van der Waals surface area contributed by atoms with Crippen LogP contribution in [0.4, 0.5) is 5.69 Å². The number of amides is 3. The molecule has 3 amide bonds. The van der Waals surface area contributed by atoms with Gasteiger partial charge < -0.3 is 5.32 Å². The Morgan fingerprint density at radius 3 is 2.38 bits per heavy atom. The highest BCUT2D eigenvalue weighted by Crippen LogP contribution is 2.61. The van der Waals surface area contributed by atoms with E-state index in [-0.39, 0.29) is 47.9 Å². The Bertz CT molecular complexity index is 975. The van der Waals surface area contributed by atoms with Crippen molar-refractivity contribution in [1.29, 1.82) is 0 Å². The van der Waals surface area contributed by atoms with Gasteiger partial charge in [-0.3, -0.25) is 19.3 Å². The number of halogens is 1. The second-order valence-electron chi connectivity index (χ2n) is 8.28. The topological polar surface area (TPSA) is 66.5 Å². The lowest BCUT2D eigenvalue weighted by molar-refractivity contribution is -0.143. The number of carbonyl (C=O) groups is 3. The summed E-state index contributed by atoms with van der Waals surface area (Å²) in [6.07, 6.45) is 1.87. The van der Waals surface area contributed by atoms with Crippen LogP contribution in [-0.4, -0.2) is 29.2 Å². The van der Waals surface area contributed by atoms with Gasteiger partial charge in [0.2, 0.25) is 17.7 Å². The number of likely N-dealkylation sites (tertiary alicyclic amines) is 1. The summed E-state index contributed by atoms with van der Waals surface area (Å²) in [5.74, 6) is -0.526. The smallest absolute Gasteiger partial charge is 0.244 e. The van der Waals surface area contributed by atoms with Crippen LogP contribution >= 0.6 is 11.6 Å². The number of hydrogen-bond acceptors (Lipinski definition) is 3. The maximum absolute atomic E-state index is 13.1. The Labute approximate surface area is 174 Å². The van der Waals surface area contributed by atoms with Crippen LogP contribution in [0, 0.1) is 23.7 Å². The maximum atomic E-state index is 13.1. The molecular formula is C23H21ClN2O3. The van der Waals surface area contributed by atoms with E-state index in [4.69, 9.17) is 11.6 Å². The largest absolute Gasteiger partial charge is 0.325 e. The Hall–Kier alpha value is -2.66. The third-order valence-corrected chi connectivity index (χ3v) is 7.02. The molecule has 2 saturated carbocycles. The first-order valence-electron chi connectivity index (χ1n) is 9.98. The number of nitrogens with one attached hydrogen (secondary N) is 1. The standard InChI is InChI=1S/C23H21ClN2O3/c24-15-6-8-16(9-7-15)25-19(27)12-26-22(28)20-14-10-17(13-4-2-1-3-5-13)18(11-14)21(20)23(26)29/h1-9,14,17-18,20-21H,10-12H2,(H,25,27)/t14-,17+,18+,20-,21-/m1/s1. The number of rotatable bonds is 4. The molecule has 148 valence electrons. The van der Waals surface area contributed by atoms with Crippen LogP contribution in [0.3, 0.4) is 0 Å². The summed E-state index contributed by atoms with van der Waals surface area (Å²) in [5.41, 5.74) is 1.83. The Morgan fingerprint density at radius 1 is 0.966 bits per heavy atom. The van der Waals surface area contributed by atoms with Crippen molar-refractivity contribution in [3.8, 4) is 0 Å². The van der Waals surface area contributed by atoms with Crippen LogP contribution in [0.25, 0.3) is 0 Å². The van der Waals surface area contributed by atoms with Gasteiger partial charge in [-0.25, -0.2) is 0 Å². The van der Waals surface area contributed by atoms with Crippen LogP contribution in [0.5, 0.6) is 0 Å². The van der Waals surface area contributed by atoms with Gasteiger partial charge in [-0.15, -0.1) is 0 Å². The Balaban J connectivity index is 1.31. The fourth-order valence-electron chi connectivity index (χ4n) is 5.64. The number of nitrogens with zero attached hydrogens (tertiary/aromatic N) is 1. The lowest BCUT2D eigenvalue weighted by Gasteiger charge is -2.28. The molecule has 2 bridgehead atoms. The van der Waals surface area contributed by atoms with Crippen LogP contribution in [0.15, 0.2) is 54.6 Å². The van der Waals surface area contributed by atoms with Crippen molar-refractivity contribution in [3.05, 3.63) is 65.2 Å². The molecule has 0 unspecified atom stereocenters. The fourth-order valence-corrected chi connectivity index (χ4v) is 5.76. The quantitative estimate of drug-likeness (QED) is 0.784. The molecule has 0 radical (unpaired) electrons. The maximum Gasteiger partial charge on any atom is 0.244 e. The van der Waals surface area contributed by atoms with Crippen molar-refractivity contribution < 1.29 is 14.4 Å². The number of hydrogen-bond donors (Lipinski definition) is 1. The second-order valence-corrected chi connectivity index (χ2v) is 8.72. The zero-order valence-corrected chi connectivity index (χ0v) is 16.5. The summed E-state index contributed by atoms with van der Waals surface area (Å²) in [7, 11) is 0. The van der Waals surface area contributed by atoms with Crippen LogP contribution in [0.1, 0.15) is 24.3 Å². The lowest BCUT2D eigenvalue weighted by atomic mass is 9.73. The Kier molecular flexibility index (Phi) is 4.43. The number of carbonyl (C=O) groups excluding carboxylic acids is 3. The van der Waals surface area contributed by atoms with E-state index in [1.807, 2.05) is 18.2 Å². The van der Waals surface area contributed by atoms with E-state index in [2.05, 4.69) is 17.4 Å². The molecule has 2 aromatic carbocycles. The molecule has 6 heteroatoms. The molecule has 2 aromatic rings. The first kappa shape index (κ1) is 18.4. The summed E-state index contributed by atoms with van der Waals surface area (Å²) in [4.78, 5) is 39.7. The predicted molar refractivity (Wildman–Crippen MR) is 109 cm³/mol.